The Morgan fingerprint density at radius 3 is 1.95 bits per heavy atom. The molecule has 2 N–H and O–H groups in total. The Balaban J connectivity index is 2.06. The highest BCUT2D eigenvalue weighted by molar-refractivity contribution is 9.10. The predicted molar refractivity (Wildman–Crippen MR) is 131 cm³/mol. The van der Waals surface area contributed by atoms with Crippen molar-refractivity contribution in [1.82, 2.24) is 0 Å². The molecule has 2 amide bonds. The topological polar surface area (TPSA) is 76.7 Å². The number of halogens is 11. The van der Waals surface area contributed by atoms with E-state index in [-0.39, 0.29) is 29.1 Å². The lowest BCUT2D eigenvalue weighted by molar-refractivity contribution is -0.348. The van der Waals surface area contributed by atoms with Gasteiger partial charge in [-0.05, 0) is 52.3 Å². The van der Waals surface area contributed by atoms with Gasteiger partial charge in [0.05, 0.1) is 29.6 Å². The van der Waals surface area contributed by atoms with Gasteiger partial charge in [0.1, 0.15) is 5.82 Å². The molecule has 17 heteroatoms. The number of benzene rings is 3. The normalized spacial score (nSPS) is 12.2. The number of methoxy groups -OCH3 is 1. The molecule has 0 fully saturated rings. The van der Waals surface area contributed by atoms with E-state index < -0.39 is 69.3 Å². The second kappa shape index (κ2) is 12.1. The molecule has 0 saturated carbocycles. The van der Waals surface area contributed by atoms with Crippen LogP contribution in [0.3, 0.4) is 0 Å². The number of carbonyl (C=O) groups is 2. The number of hydrogen-bond acceptors (Lipinski definition) is 4. The summed E-state index contributed by atoms with van der Waals surface area (Å²) in [4.78, 5) is 25.6. The molecular formula is C25H15BrF10N2O4. The van der Waals surface area contributed by atoms with Crippen LogP contribution in [-0.4, -0.2) is 37.9 Å². The van der Waals surface area contributed by atoms with Crippen LogP contribution in [0, 0.1) is 5.82 Å². The third-order valence-corrected chi connectivity index (χ3v) is 6.14. The Morgan fingerprint density at radius 1 is 0.833 bits per heavy atom. The zero-order valence-electron chi connectivity index (χ0n) is 20.6. The Labute approximate surface area is 237 Å². The highest BCUT2D eigenvalue weighted by Gasteiger charge is 2.73. The van der Waals surface area contributed by atoms with Gasteiger partial charge in [-0.3, -0.25) is 9.59 Å². The van der Waals surface area contributed by atoms with Gasteiger partial charge in [-0.25, -0.2) is 8.78 Å². The van der Waals surface area contributed by atoms with Crippen LogP contribution < -0.4 is 20.1 Å². The molecular weight excluding hydrogens is 662 g/mol. The molecule has 6 nitrogen and oxygen atoms in total. The summed E-state index contributed by atoms with van der Waals surface area (Å²) in [6.45, 7) is -3.83. The summed E-state index contributed by atoms with van der Waals surface area (Å²) in [5.74, 6) is -4.91. The van der Waals surface area contributed by atoms with Crippen molar-refractivity contribution in [2.45, 2.75) is 24.6 Å². The lowest BCUT2D eigenvalue weighted by Crippen LogP contribution is -2.50. The van der Waals surface area contributed by atoms with E-state index in [1.807, 2.05) is 5.32 Å². The number of rotatable bonds is 8. The van der Waals surface area contributed by atoms with E-state index in [1.54, 1.807) is 0 Å². The number of alkyl halides is 9. The van der Waals surface area contributed by atoms with Crippen LogP contribution in [0.25, 0.3) is 0 Å². The first kappa shape index (κ1) is 32.5. The summed E-state index contributed by atoms with van der Waals surface area (Å²) in [7, 11) is 1.05. The van der Waals surface area contributed by atoms with Gasteiger partial charge in [-0.15, -0.1) is 0 Å². The minimum absolute atomic E-state index is 0.0167. The fourth-order valence-electron chi connectivity index (χ4n) is 3.63. The summed E-state index contributed by atoms with van der Waals surface area (Å²) in [5, 5.41) is 4.28. The maximum atomic E-state index is 14.6. The lowest BCUT2D eigenvalue weighted by atomic mass is 9.93. The Hall–Kier alpha value is -4.02. The zero-order valence-corrected chi connectivity index (χ0v) is 22.2. The largest absolute Gasteiger partial charge is 0.494 e. The van der Waals surface area contributed by atoms with Crippen LogP contribution in [0.1, 0.15) is 26.3 Å². The highest BCUT2D eigenvalue weighted by Crippen LogP contribution is 2.55. The number of carbonyl (C=O) groups excluding carboxylic acids is 2. The maximum absolute atomic E-state index is 14.6. The summed E-state index contributed by atoms with van der Waals surface area (Å²) >= 11 is 2.57. The maximum Gasteiger partial charge on any atom is 0.435 e. The highest BCUT2D eigenvalue weighted by atomic mass is 79.9. The Kier molecular flexibility index (Phi) is 9.34. The van der Waals surface area contributed by atoms with Crippen molar-refractivity contribution in [3.05, 3.63) is 81.6 Å². The number of amides is 2. The molecule has 0 atom stereocenters. The quantitative estimate of drug-likeness (QED) is 0.237. The molecule has 3 aromatic rings. The van der Waals surface area contributed by atoms with Gasteiger partial charge in [0, 0.05) is 10.0 Å². The molecule has 42 heavy (non-hydrogen) atoms. The van der Waals surface area contributed by atoms with Crippen molar-refractivity contribution >= 4 is 39.1 Å². The number of ether oxygens (including phenoxy) is 2. The first-order valence-electron chi connectivity index (χ1n) is 11.1. The van der Waals surface area contributed by atoms with E-state index in [9.17, 15) is 53.5 Å². The minimum atomic E-state index is -6.57. The molecule has 226 valence electrons. The Bertz CT molecular complexity index is 1480. The first-order valence-corrected chi connectivity index (χ1v) is 11.9. The van der Waals surface area contributed by atoms with Crippen LogP contribution in [0.15, 0.2) is 59.1 Å². The van der Waals surface area contributed by atoms with E-state index in [0.29, 0.717) is 0 Å². The van der Waals surface area contributed by atoms with Gasteiger partial charge >= 0.3 is 24.6 Å². The third kappa shape index (κ3) is 6.39. The van der Waals surface area contributed by atoms with Crippen molar-refractivity contribution < 1.29 is 63.0 Å². The van der Waals surface area contributed by atoms with E-state index in [1.165, 1.54) is 24.3 Å². The minimum Gasteiger partial charge on any atom is -0.494 e. The second-order valence-corrected chi connectivity index (χ2v) is 8.99. The van der Waals surface area contributed by atoms with Crippen molar-refractivity contribution in [1.29, 1.82) is 0 Å². The van der Waals surface area contributed by atoms with Crippen LogP contribution >= 0.6 is 15.9 Å². The van der Waals surface area contributed by atoms with E-state index in [2.05, 4.69) is 26.0 Å². The van der Waals surface area contributed by atoms with Crippen molar-refractivity contribution in [2.24, 2.45) is 0 Å². The standard InChI is InChI=1S/C25H15BrF10N2O4/c1-41-19-13(6-4-8-16(19)37-20(39)12-5-2-3-7-15(12)27)21(40)38-18-14(26)9-11(10-17(18)42-22(28)29)23(30,24(31,32)33)25(34,35)36/h2-10,22H,1H3,(H,37,39)(H,38,40). The smallest absolute Gasteiger partial charge is 0.435 e. The van der Waals surface area contributed by atoms with Crippen molar-refractivity contribution in [3.63, 3.8) is 0 Å². The average Bonchev–Trinajstić information content (AvgIpc) is 2.88. The molecule has 0 aromatic heterocycles. The second-order valence-electron chi connectivity index (χ2n) is 8.14. The molecule has 0 heterocycles. The molecule has 0 aliphatic rings. The Morgan fingerprint density at radius 2 is 1.40 bits per heavy atom. The molecule has 0 aliphatic heterocycles. The zero-order chi connectivity index (χ0) is 31.6. The van der Waals surface area contributed by atoms with Gasteiger partial charge in [-0.1, -0.05) is 18.2 Å². The molecule has 0 bridgehead atoms. The number of nitrogens with one attached hydrogen (secondary N) is 2. The van der Waals surface area contributed by atoms with Crippen molar-refractivity contribution in [2.75, 3.05) is 17.7 Å². The van der Waals surface area contributed by atoms with Gasteiger partial charge < -0.3 is 20.1 Å². The first-order chi connectivity index (χ1) is 19.4. The molecule has 0 saturated heterocycles. The molecule has 3 aromatic carbocycles. The predicted octanol–water partition coefficient (Wildman–Crippen LogP) is 7.99. The summed E-state index contributed by atoms with van der Waals surface area (Å²) in [6.07, 6.45) is -13.1. The summed E-state index contributed by atoms with van der Waals surface area (Å²) in [5.41, 5.74) is -10.1. The fourth-order valence-corrected chi connectivity index (χ4v) is 4.17. The van der Waals surface area contributed by atoms with E-state index >= 15 is 0 Å². The average molecular weight is 677 g/mol. The lowest BCUT2D eigenvalue weighted by Gasteiger charge is -2.31. The van der Waals surface area contributed by atoms with Gasteiger partial charge in [0.2, 0.25) is 0 Å². The van der Waals surface area contributed by atoms with Crippen molar-refractivity contribution in [3.8, 4) is 11.5 Å². The molecule has 3 rings (SSSR count). The fraction of sp³-hybridized carbons (Fsp3) is 0.200. The van der Waals surface area contributed by atoms with E-state index in [4.69, 9.17) is 4.74 Å². The molecule has 0 spiro atoms. The number of anilines is 2. The molecule has 0 unspecified atom stereocenters. The van der Waals surface area contributed by atoms with Crippen LogP contribution in [0.2, 0.25) is 0 Å². The monoisotopic (exact) mass is 676 g/mol. The van der Waals surface area contributed by atoms with Crippen LogP contribution in [0.5, 0.6) is 11.5 Å². The summed E-state index contributed by atoms with van der Waals surface area (Å²) < 4.78 is 143. The van der Waals surface area contributed by atoms with Gasteiger partial charge in [0.25, 0.3) is 11.8 Å². The third-order valence-electron chi connectivity index (χ3n) is 5.52. The van der Waals surface area contributed by atoms with Gasteiger partial charge in [0.15, 0.2) is 11.5 Å². The molecule has 0 radical (unpaired) electrons. The number of hydrogen-bond donors (Lipinski definition) is 2. The van der Waals surface area contributed by atoms with Crippen LogP contribution in [0.4, 0.5) is 55.3 Å². The van der Waals surface area contributed by atoms with Crippen LogP contribution in [-0.2, 0) is 5.67 Å². The van der Waals surface area contributed by atoms with E-state index in [0.717, 1.165) is 25.3 Å². The molecule has 0 aliphatic carbocycles. The number of para-hydroxylation sites is 1. The summed E-state index contributed by atoms with van der Waals surface area (Å²) in [6, 6.07) is 8.09. The van der Waals surface area contributed by atoms with Gasteiger partial charge in [-0.2, -0.15) is 35.1 Å². The SMILES string of the molecule is COc1c(NC(=O)c2ccccc2F)cccc1C(=O)Nc1c(Br)cc(C(F)(C(F)(F)F)C(F)(F)F)cc1OC(F)F.